The van der Waals surface area contributed by atoms with Crippen LogP contribution >= 0.6 is 0 Å². The maximum absolute atomic E-state index is 8.81. The molecule has 0 aliphatic carbocycles. The number of hydrogen-bond acceptors (Lipinski definition) is 3. The summed E-state index contributed by atoms with van der Waals surface area (Å²) in [5, 5.41) is 13.3. The molecular formula is C11H15N3O. The molecule has 0 unspecified atom stereocenters. The Hall–Kier alpha value is -1.42. The lowest BCUT2D eigenvalue weighted by Gasteiger charge is -1.97. The average molecular weight is 205 g/mol. The van der Waals surface area contributed by atoms with Crippen LogP contribution in [0.4, 0.5) is 0 Å². The van der Waals surface area contributed by atoms with E-state index >= 15 is 0 Å². The number of aliphatic hydroxyl groups is 1. The molecule has 0 aromatic carbocycles. The number of rotatable bonds is 4. The summed E-state index contributed by atoms with van der Waals surface area (Å²) >= 11 is 0. The molecule has 0 aliphatic heterocycles. The van der Waals surface area contributed by atoms with Crippen LogP contribution in [0.2, 0.25) is 0 Å². The molecule has 0 bridgehead atoms. The van der Waals surface area contributed by atoms with Gasteiger partial charge in [-0.25, -0.2) is 9.50 Å². The van der Waals surface area contributed by atoms with E-state index in [1.165, 1.54) is 0 Å². The lowest BCUT2D eigenvalue weighted by Crippen LogP contribution is -1.96. The fourth-order valence-corrected chi connectivity index (χ4v) is 1.60. The Morgan fingerprint density at radius 3 is 2.87 bits per heavy atom. The Labute approximate surface area is 88.6 Å². The van der Waals surface area contributed by atoms with Gasteiger partial charge in [0, 0.05) is 13.0 Å². The Morgan fingerprint density at radius 1 is 1.27 bits per heavy atom. The van der Waals surface area contributed by atoms with Crippen LogP contribution in [-0.4, -0.2) is 26.3 Å². The van der Waals surface area contributed by atoms with Crippen LogP contribution in [0.15, 0.2) is 18.3 Å². The first kappa shape index (κ1) is 10.1. The number of aryl methyl sites for hydroxylation is 1. The minimum absolute atomic E-state index is 0.131. The molecule has 0 aliphatic rings. The zero-order valence-electron chi connectivity index (χ0n) is 8.85. The SMILES string of the molecule is CCCc1ccc2nc(CCO)cn2n1. The van der Waals surface area contributed by atoms with Crippen LogP contribution in [0.25, 0.3) is 5.65 Å². The smallest absolute Gasteiger partial charge is 0.153 e. The number of hydrogen-bond donors (Lipinski definition) is 1. The van der Waals surface area contributed by atoms with Crippen molar-refractivity contribution in [3.63, 3.8) is 0 Å². The van der Waals surface area contributed by atoms with E-state index in [4.69, 9.17) is 5.11 Å². The van der Waals surface area contributed by atoms with E-state index in [0.717, 1.165) is 29.9 Å². The second kappa shape index (κ2) is 4.40. The summed E-state index contributed by atoms with van der Waals surface area (Å²) in [5.41, 5.74) is 2.81. The van der Waals surface area contributed by atoms with Crippen molar-refractivity contribution in [1.82, 2.24) is 14.6 Å². The molecule has 1 N–H and O–H groups in total. The summed E-state index contributed by atoms with van der Waals surface area (Å²) in [5.74, 6) is 0. The second-order valence-electron chi connectivity index (χ2n) is 3.58. The fraction of sp³-hybridized carbons (Fsp3) is 0.455. The van der Waals surface area contributed by atoms with Gasteiger partial charge in [0.05, 0.1) is 17.6 Å². The monoisotopic (exact) mass is 205 g/mol. The van der Waals surface area contributed by atoms with Crippen molar-refractivity contribution in [3.05, 3.63) is 29.7 Å². The third-order valence-corrected chi connectivity index (χ3v) is 2.30. The molecule has 0 fully saturated rings. The average Bonchev–Trinajstić information content (AvgIpc) is 2.60. The van der Waals surface area contributed by atoms with E-state index in [-0.39, 0.29) is 6.61 Å². The highest BCUT2D eigenvalue weighted by Crippen LogP contribution is 2.06. The van der Waals surface area contributed by atoms with E-state index in [1.807, 2.05) is 18.3 Å². The molecule has 4 nitrogen and oxygen atoms in total. The van der Waals surface area contributed by atoms with E-state index in [0.29, 0.717) is 6.42 Å². The molecule has 15 heavy (non-hydrogen) atoms. The fourth-order valence-electron chi connectivity index (χ4n) is 1.60. The first-order valence-electron chi connectivity index (χ1n) is 5.28. The van der Waals surface area contributed by atoms with Gasteiger partial charge in [0.25, 0.3) is 0 Å². The summed E-state index contributed by atoms with van der Waals surface area (Å²) < 4.78 is 1.79. The van der Waals surface area contributed by atoms with Gasteiger partial charge in [0.15, 0.2) is 5.65 Å². The minimum Gasteiger partial charge on any atom is -0.396 e. The quantitative estimate of drug-likeness (QED) is 0.816. The van der Waals surface area contributed by atoms with Crippen LogP contribution in [-0.2, 0) is 12.8 Å². The molecule has 2 aromatic heterocycles. The van der Waals surface area contributed by atoms with Crippen LogP contribution in [0, 0.1) is 0 Å². The maximum atomic E-state index is 8.81. The molecule has 0 radical (unpaired) electrons. The van der Waals surface area contributed by atoms with E-state index in [2.05, 4.69) is 17.0 Å². The van der Waals surface area contributed by atoms with Gasteiger partial charge in [-0.3, -0.25) is 0 Å². The van der Waals surface area contributed by atoms with Crippen molar-refractivity contribution in [2.75, 3.05) is 6.61 Å². The number of imidazole rings is 1. The summed E-state index contributed by atoms with van der Waals surface area (Å²) in [7, 11) is 0. The molecule has 2 rings (SSSR count). The van der Waals surface area contributed by atoms with Gasteiger partial charge in [0.1, 0.15) is 0 Å². The molecule has 0 atom stereocenters. The van der Waals surface area contributed by atoms with Crippen LogP contribution in [0.1, 0.15) is 24.7 Å². The Morgan fingerprint density at radius 2 is 2.13 bits per heavy atom. The molecule has 4 heteroatoms. The molecule has 0 saturated heterocycles. The van der Waals surface area contributed by atoms with Crippen molar-refractivity contribution in [3.8, 4) is 0 Å². The van der Waals surface area contributed by atoms with Crippen molar-refractivity contribution in [2.45, 2.75) is 26.2 Å². The topological polar surface area (TPSA) is 50.4 Å². The van der Waals surface area contributed by atoms with Crippen LogP contribution < -0.4 is 0 Å². The summed E-state index contributed by atoms with van der Waals surface area (Å²) in [6, 6.07) is 3.98. The summed E-state index contributed by atoms with van der Waals surface area (Å²) in [6.45, 7) is 2.27. The third kappa shape index (κ3) is 2.15. The van der Waals surface area contributed by atoms with Gasteiger partial charge >= 0.3 is 0 Å². The molecule has 0 spiro atoms. The predicted octanol–water partition coefficient (Wildman–Crippen LogP) is 1.22. The standard InChI is InChI=1S/C11H15N3O/c1-2-3-9-4-5-11-12-10(6-7-15)8-14(11)13-9/h4-5,8,15H,2-3,6-7H2,1H3. The molecule has 0 saturated carbocycles. The van der Waals surface area contributed by atoms with Crippen molar-refractivity contribution >= 4 is 5.65 Å². The maximum Gasteiger partial charge on any atom is 0.153 e. The highest BCUT2D eigenvalue weighted by molar-refractivity contribution is 5.38. The van der Waals surface area contributed by atoms with Crippen molar-refractivity contribution in [2.24, 2.45) is 0 Å². The van der Waals surface area contributed by atoms with E-state index < -0.39 is 0 Å². The lowest BCUT2D eigenvalue weighted by atomic mass is 10.2. The van der Waals surface area contributed by atoms with Crippen molar-refractivity contribution < 1.29 is 5.11 Å². The zero-order valence-corrected chi connectivity index (χ0v) is 8.85. The van der Waals surface area contributed by atoms with Gasteiger partial charge in [-0.1, -0.05) is 13.3 Å². The number of aliphatic hydroxyl groups excluding tert-OH is 1. The third-order valence-electron chi connectivity index (χ3n) is 2.30. The lowest BCUT2D eigenvalue weighted by molar-refractivity contribution is 0.298. The highest BCUT2D eigenvalue weighted by atomic mass is 16.3. The molecular weight excluding hydrogens is 190 g/mol. The summed E-state index contributed by atoms with van der Waals surface area (Å²) in [4.78, 5) is 4.34. The first-order chi connectivity index (χ1) is 7.33. The van der Waals surface area contributed by atoms with Crippen molar-refractivity contribution in [1.29, 1.82) is 0 Å². The number of fused-ring (bicyclic) bond motifs is 1. The summed E-state index contributed by atoms with van der Waals surface area (Å²) in [6.07, 6.45) is 4.55. The van der Waals surface area contributed by atoms with Gasteiger partial charge in [-0.05, 0) is 18.6 Å². The largest absolute Gasteiger partial charge is 0.396 e. The predicted molar refractivity (Wildman–Crippen MR) is 57.8 cm³/mol. The van der Waals surface area contributed by atoms with E-state index in [9.17, 15) is 0 Å². The zero-order chi connectivity index (χ0) is 10.7. The minimum atomic E-state index is 0.131. The van der Waals surface area contributed by atoms with Gasteiger partial charge in [0.2, 0.25) is 0 Å². The number of aromatic nitrogens is 3. The Bertz CT molecular complexity index is 446. The Balaban J connectivity index is 2.34. The Kier molecular flexibility index (Phi) is 2.97. The first-order valence-corrected chi connectivity index (χ1v) is 5.28. The number of nitrogens with zero attached hydrogens (tertiary/aromatic N) is 3. The molecule has 2 heterocycles. The highest BCUT2D eigenvalue weighted by Gasteiger charge is 2.02. The second-order valence-corrected chi connectivity index (χ2v) is 3.58. The van der Waals surface area contributed by atoms with Gasteiger partial charge in [-0.2, -0.15) is 5.10 Å². The molecule has 2 aromatic rings. The van der Waals surface area contributed by atoms with Crippen LogP contribution in [0.3, 0.4) is 0 Å². The molecule has 80 valence electrons. The van der Waals surface area contributed by atoms with Crippen LogP contribution in [0.5, 0.6) is 0 Å². The normalized spacial score (nSPS) is 11.1. The van der Waals surface area contributed by atoms with Gasteiger partial charge in [-0.15, -0.1) is 0 Å². The van der Waals surface area contributed by atoms with Gasteiger partial charge < -0.3 is 5.11 Å². The van der Waals surface area contributed by atoms with E-state index in [1.54, 1.807) is 4.52 Å². The molecule has 0 amide bonds.